The minimum absolute atomic E-state index is 0.0351. The molecule has 0 fully saturated rings. The van der Waals surface area contributed by atoms with Gasteiger partial charge in [-0.2, -0.15) is 0 Å². The zero-order valence-electron chi connectivity index (χ0n) is 23.4. The Labute approximate surface area is 245 Å². The van der Waals surface area contributed by atoms with Gasteiger partial charge < -0.3 is 23.7 Å². The van der Waals surface area contributed by atoms with Crippen LogP contribution in [0.4, 0.5) is 5.13 Å². The van der Waals surface area contributed by atoms with Gasteiger partial charge in [-0.1, -0.05) is 47.7 Å². The molecule has 1 atom stereocenters. The first-order chi connectivity index (χ1) is 20.2. The molecule has 42 heavy (non-hydrogen) atoms. The minimum atomic E-state index is -1.12. The van der Waals surface area contributed by atoms with Crippen LogP contribution in [-0.2, 0) is 16.1 Å². The van der Waals surface area contributed by atoms with Crippen molar-refractivity contribution in [1.82, 2.24) is 4.98 Å². The van der Waals surface area contributed by atoms with Crippen LogP contribution in [0.2, 0.25) is 0 Å². The summed E-state index contributed by atoms with van der Waals surface area (Å²) in [6.07, 6.45) is 0. The number of methoxy groups -OCH3 is 1. The van der Waals surface area contributed by atoms with Crippen LogP contribution in [0.1, 0.15) is 55.8 Å². The Kier molecular flexibility index (Phi) is 8.12. The van der Waals surface area contributed by atoms with Crippen LogP contribution in [0.15, 0.2) is 76.4 Å². The number of ketones is 1. The number of hydrogen-bond acceptors (Lipinski definition) is 10. The molecule has 11 heteroatoms. The summed E-state index contributed by atoms with van der Waals surface area (Å²) in [5.41, 5.74) is 1.56. The van der Waals surface area contributed by atoms with Crippen molar-refractivity contribution in [3.63, 3.8) is 0 Å². The molecule has 1 aliphatic heterocycles. The SMILES string of the molecule is CCOc1cc(C2C(C(=O)c3ccc(C)o3)=C(O)C(=O)N2c2nc(C)c(C(=O)OC)s2)ccc1OCc1ccccc1. The number of ether oxygens (including phenoxy) is 3. The topological polar surface area (TPSA) is 128 Å². The number of aliphatic hydroxyl groups excluding tert-OH is 1. The van der Waals surface area contributed by atoms with Crippen LogP contribution in [0, 0.1) is 13.8 Å². The van der Waals surface area contributed by atoms with E-state index in [1.165, 1.54) is 18.1 Å². The number of aliphatic hydroxyl groups is 1. The number of Topliss-reactive ketones (excluding diaryl/α,β-unsaturated/α-hetero) is 1. The second kappa shape index (κ2) is 11.9. The Balaban J connectivity index is 1.60. The monoisotopic (exact) mass is 588 g/mol. The quantitative estimate of drug-likeness (QED) is 0.178. The van der Waals surface area contributed by atoms with Gasteiger partial charge in [-0.05, 0) is 56.2 Å². The van der Waals surface area contributed by atoms with Gasteiger partial charge >= 0.3 is 5.97 Å². The van der Waals surface area contributed by atoms with Crippen LogP contribution in [0.3, 0.4) is 0 Å². The lowest BCUT2D eigenvalue weighted by atomic mass is 9.95. The molecule has 1 amide bonds. The minimum Gasteiger partial charge on any atom is -0.503 e. The third kappa shape index (κ3) is 5.38. The second-order valence-corrected chi connectivity index (χ2v) is 10.4. The van der Waals surface area contributed by atoms with E-state index in [1.54, 1.807) is 38.1 Å². The summed E-state index contributed by atoms with van der Waals surface area (Å²) in [6, 6.07) is 16.7. The maximum absolute atomic E-state index is 13.7. The van der Waals surface area contributed by atoms with E-state index in [-0.39, 0.29) is 21.3 Å². The zero-order valence-corrected chi connectivity index (χ0v) is 24.2. The fourth-order valence-electron chi connectivity index (χ4n) is 4.62. The van der Waals surface area contributed by atoms with Gasteiger partial charge in [-0.3, -0.25) is 14.5 Å². The van der Waals surface area contributed by atoms with Crippen LogP contribution in [0.25, 0.3) is 0 Å². The lowest BCUT2D eigenvalue weighted by molar-refractivity contribution is -0.117. The molecule has 2 aromatic heterocycles. The van der Waals surface area contributed by atoms with Crippen molar-refractivity contribution < 1.29 is 38.1 Å². The van der Waals surface area contributed by atoms with Crippen LogP contribution < -0.4 is 14.4 Å². The molecule has 0 bridgehead atoms. The van der Waals surface area contributed by atoms with Crippen molar-refractivity contribution in [2.45, 2.75) is 33.4 Å². The molecule has 0 saturated heterocycles. The number of rotatable bonds is 10. The highest BCUT2D eigenvalue weighted by atomic mass is 32.1. The Hall–Kier alpha value is -4.90. The first kappa shape index (κ1) is 28.6. The number of thiazole rings is 1. The molecule has 4 aromatic rings. The fourth-order valence-corrected chi connectivity index (χ4v) is 5.64. The summed E-state index contributed by atoms with van der Waals surface area (Å²) in [7, 11) is 1.25. The molecule has 0 radical (unpaired) electrons. The molecule has 0 aliphatic carbocycles. The number of furan rings is 1. The average molecular weight is 589 g/mol. The number of aromatic nitrogens is 1. The number of anilines is 1. The number of amides is 1. The molecule has 5 rings (SSSR count). The molecule has 216 valence electrons. The summed E-state index contributed by atoms with van der Waals surface area (Å²) in [4.78, 5) is 45.4. The van der Waals surface area contributed by atoms with Crippen molar-refractivity contribution in [3.05, 3.63) is 105 Å². The summed E-state index contributed by atoms with van der Waals surface area (Å²) in [6.45, 7) is 5.74. The number of esters is 1. The number of benzene rings is 2. The number of nitrogens with zero attached hydrogens (tertiary/aromatic N) is 2. The van der Waals surface area contributed by atoms with Gasteiger partial charge in [-0.25, -0.2) is 9.78 Å². The molecule has 2 aromatic carbocycles. The van der Waals surface area contributed by atoms with E-state index in [9.17, 15) is 19.5 Å². The molecular weight excluding hydrogens is 560 g/mol. The molecule has 1 unspecified atom stereocenters. The standard InChI is InChI=1S/C31H28N2O8S/c1-5-39-23-15-20(12-14-21(23)40-16-19-9-7-6-8-10-19)25-24(26(34)22-13-11-17(2)41-22)27(35)29(36)33(25)31-32-18(3)28(42-31)30(37)38-4/h6-15,25,35H,5,16H2,1-4H3. The number of hydrogen-bond donors (Lipinski definition) is 1. The van der Waals surface area contributed by atoms with E-state index in [4.69, 9.17) is 18.6 Å². The van der Waals surface area contributed by atoms with E-state index in [1.807, 2.05) is 37.3 Å². The van der Waals surface area contributed by atoms with Crippen molar-refractivity contribution >= 4 is 34.1 Å². The van der Waals surface area contributed by atoms with Crippen molar-refractivity contribution in [2.24, 2.45) is 0 Å². The molecular formula is C31H28N2O8S. The Morgan fingerprint density at radius 3 is 2.48 bits per heavy atom. The van der Waals surface area contributed by atoms with E-state index in [0.29, 0.717) is 41.7 Å². The summed E-state index contributed by atoms with van der Waals surface area (Å²) in [5.74, 6) is -1.56. The van der Waals surface area contributed by atoms with Crippen LogP contribution >= 0.6 is 11.3 Å². The fraction of sp³-hybridized carbons (Fsp3) is 0.226. The third-order valence-electron chi connectivity index (χ3n) is 6.60. The third-order valence-corrected chi connectivity index (χ3v) is 7.74. The molecule has 3 heterocycles. The van der Waals surface area contributed by atoms with E-state index < -0.39 is 29.5 Å². The predicted molar refractivity (Wildman–Crippen MR) is 154 cm³/mol. The molecule has 0 spiro atoms. The smallest absolute Gasteiger partial charge is 0.350 e. The number of carbonyl (C=O) groups excluding carboxylic acids is 3. The lowest BCUT2D eigenvalue weighted by Crippen LogP contribution is -2.31. The Bertz CT molecular complexity index is 1690. The predicted octanol–water partition coefficient (Wildman–Crippen LogP) is 5.90. The van der Waals surface area contributed by atoms with Crippen molar-refractivity contribution in [2.75, 3.05) is 18.6 Å². The van der Waals surface area contributed by atoms with Gasteiger partial charge in [0.25, 0.3) is 5.91 Å². The first-order valence-electron chi connectivity index (χ1n) is 13.1. The molecule has 10 nitrogen and oxygen atoms in total. The van der Waals surface area contributed by atoms with Crippen molar-refractivity contribution in [1.29, 1.82) is 0 Å². The van der Waals surface area contributed by atoms with E-state index in [0.717, 1.165) is 16.9 Å². The van der Waals surface area contributed by atoms with Gasteiger partial charge in [-0.15, -0.1) is 0 Å². The van der Waals surface area contributed by atoms with E-state index in [2.05, 4.69) is 4.98 Å². The van der Waals surface area contributed by atoms with Gasteiger partial charge in [0.15, 0.2) is 28.1 Å². The molecule has 1 aliphatic rings. The highest BCUT2D eigenvalue weighted by Crippen LogP contribution is 2.45. The van der Waals surface area contributed by atoms with Crippen LogP contribution in [0.5, 0.6) is 11.5 Å². The lowest BCUT2D eigenvalue weighted by Gasteiger charge is -2.25. The highest BCUT2D eigenvalue weighted by Gasteiger charge is 2.47. The average Bonchev–Trinajstić information content (AvgIpc) is 3.67. The molecule has 1 N–H and O–H groups in total. The van der Waals surface area contributed by atoms with Crippen molar-refractivity contribution in [3.8, 4) is 11.5 Å². The largest absolute Gasteiger partial charge is 0.503 e. The molecule has 0 saturated carbocycles. The number of aryl methyl sites for hydroxylation is 2. The summed E-state index contributed by atoms with van der Waals surface area (Å²) in [5, 5.41) is 11.2. The van der Waals surface area contributed by atoms with Gasteiger partial charge in [0.05, 0.1) is 31.0 Å². The maximum Gasteiger partial charge on any atom is 0.350 e. The second-order valence-electron chi connectivity index (χ2n) is 9.40. The van der Waals surface area contributed by atoms with Gasteiger partial charge in [0.2, 0.25) is 5.78 Å². The van der Waals surface area contributed by atoms with Crippen LogP contribution in [-0.4, -0.2) is 41.5 Å². The summed E-state index contributed by atoms with van der Waals surface area (Å²) >= 11 is 0.922. The Morgan fingerprint density at radius 2 is 1.81 bits per heavy atom. The first-order valence-corrected chi connectivity index (χ1v) is 13.9. The zero-order chi connectivity index (χ0) is 30.0. The summed E-state index contributed by atoms with van der Waals surface area (Å²) < 4.78 is 22.3. The van der Waals surface area contributed by atoms with Gasteiger partial charge in [0.1, 0.15) is 17.2 Å². The Morgan fingerprint density at radius 1 is 1.05 bits per heavy atom. The highest BCUT2D eigenvalue weighted by molar-refractivity contribution is 7.17. The number of carbonyl (C=O) groups is 3. The maximum atomic E-state index is 13.7. The van der Waals surface area contributed by atoms with Gasteiger partial charge in [0, 0.05) is 0 Å². The normalized spacial score (nSPS) is 14.8. The van der Waals surface area contributed by atoms with E-state index >= 15 is 0 Å².